The lowest BCUT2D eigenvalue weighted by atomic mass is 9.76. The summed E-state index contributed by atoms with van der Waals surface area (Å²) in [4.78, 5) is 78.8. The van der Waals surface area contributed by atoms with Crippen molar-refractivity contribution in [2.24, 2.45) is 40.7 Å². The van der Waals surface area contributed by atoms with Gasteiger partial charge in [-0.1, -0.05) is 39.7 Å². The summed E-state index contributed by atoms with van der Waals surface area (Å²) in [6.07, 6.45) is 3.24. The average Bonchev–Trinajstić information content (AvgIpc) is 3.14. The summed E-state index contributed by atoms with van der Waals surface area (Å²) < 4.78 is 5.47. The standard InChI is InChI=1S/C31H46N2O7/c1-17(2)22(34)12-11-19(15-24(36)40-30(3,4)5)29(39)33-16-21-25(31(21,6)7)26(33)23(35)14-20(27(37)28(32)38)13-18-9-8-10-18/h18-21,25-26H,1,8-16H2,2-7H3,(H2,32,38)/t19-,20?,21?,25+,26?/m1/s1. The number of piperidine rings is 1. The Hall–Kier alpha value is -2.84. The van der Waals surface area contributed by atoms with Crippen molar-refractivity contribution in [1.82, 2.24) is 4.90 Å². The number of fused-ring (bicyclic) bond motifs is 1. The minimum Gasteiger partial charge on any atom is -0.460 e. The van der Waals surface area contributed by atoms with E-state index >= 15 is 0 Å². The third-order valence-electron chi connectivity index (χ3n) is 9.10. The first-order valence-electron chi connectivity index (χ1n) is 14.5. The molecule has 0 aromatic rings. The first-order chi connectivity index (χ1) is 18.4. The van der Waals surface area contributed by atoms with Gasteiger partial charge < -0.3 is 15.4 Å². The zero-order valence-electron chi connectivity index (χ0n) is 24.9. The van der Waals surface area contributed by atoms with Gasteiger partial charge in [0.1, 0.15) is 5.60 Å². The van der Waals surface area contributed by atoms with Crippen molar-refractivity contribution < 1.29 is 33.5 Å². The molecule has 9 nitrogen and oxygen atoms in total. The molecule has 40 heavy (non-hydrogen) atoms. The second-order valence-electron chi connectivity index (χ2n) is 13.7. The maximum Gasteiger partial charge on any atom is 0.307 e. The Morgan fingerprint density at radius 2 is 1.68 bits per heavy atom. The van der Waals surface area contributed by atoms with Gasteiger partial charge in [-0.05, 0) is 69.3 Å². The summed E-state index contributed by atoms with van der Waals surface area (Å²) in [5.41, 5.74) is 4.81. The number of hydrogen-bond donors (Lipinski definition) is 1. The monoisotopic (exact) mass is 558 g/mol. The quantitative estimate of drug-likeness (QED) is 0.195. The van der Waals surface area contributed by atoms with Crippen LogP contribution in [0.5, 0.6) is 0 Å². The molecule has 1 heterocycles. The van der Waals surface area contributed by atoms with E-state index in [1.807, 2.05) is 0 Å². The van der Waals surface area contributed by atoms with Gasteiger partial charge in [-0.25, -0.2) is 0 Å². The highest BCUT2D eigenvalue weighted by Gasteiger charge is 2.69. The van der Waals surface area contributed by atoms with Crippen LogP contribution < -0.4 is 5.73 Å². The third kappa shape index (κ3) is 7.26. The fourth-order valence-corrected chi connectivity index (χ4v) is 6.51. The van der Waals surface area contributed by atoms with Gasteiger partial charge >= 0.3 is 5.97 Å². The van der Waals surface area contributed by atoms with Crippen LogP contribution in [0, 0.1) is 35.0 Å². The first-order valence-corrected chi connectivity index (χ1v) is 14.5. The molecule has 0 aromatic carbocycles. The largest absolute Gasteiger partial charge is 0.460 e. The Morgan fingerprint density at radius 3 is 2.17 bits per heavy atom. The Balaban J connectivity index is 1.83. The third-order valence-corrected chi connectivity index (χ3v) is 9.10. The molecule has 3 unspecified atom stereocenters. The molecule has 2 amide bonds. The molecule has 3 fully saturated rings. The van der Waals surface area contributed by atoms with E-state index in [1.165, 1.54) is 0 Å². The lowest BCUT2D eigenvalue weighted by molar-refractivity contribution is -0.159. The molecule has 9 heteroatoms. The average molecular weight is 559 g/mol. The number of primary amides is 1. The number of ether oxygens (including phenoxy) is 1. The van der Waals surface area contributed by atoms with Gasteiger partial charge in [-0.2, -0.15) is 0 Å². The van der Waals surface area contributed by atoms with Crippen LogP contribution in [0.3, 0.4) is 0 Å². The van der Waals surface area contributed by atoms with Gasteiger partial charge in [0.05, 0.1) is 12.5 Å². The molecule has 2 aliphatic carbocycles. The van der Waals surface area contributed by atoms with Crippen molar-refractivity contribution in [3.8, 4) is 0 Å². The minimum absolute atomic E-state index is 0.0515. The summed E-state index contributed by atoms with van der Waals surface area (Å²) in [5, 5.41) is 0. The number of amides is 2. The highest BCUT2D eigenvalue weighted by Crippen LogP contribution is 2.65. The molecule has 5 atom stereocenters. The Bertz CT molecular complexity index is 1080. The van der Waals surface area contributed by atoms with Gasteiger partial charge in [-0.15, -0.1) is 0 Å². The predicted octanol–water partition coefficient (Wildman–Crippen LogP) is 3.56. The van der Waals surface area contributed by atoms with E-state index in [4.69, 9.17) is 10.5 Å². The van der Waals surface area contributed by atoms with E-state index in [0.717, 1.165) is 19.3 Å². The van der Waals surface area contributed by atoms with Crippen LogP contribution in [0.25, 0.3) is 0 Å². The number of nitrogens with zero attached hydrogens (tertiary/aromatic N) is 1. The van der Waals surface area contributed by atoms with E-state index in [2.05, 4.69) is 20.4 Å². The number of carbonyl (C=O) groups is 6. The molecule has 2 N–H and O–H groups in total. The molecule has 222 valence electrons. The number of likely N-dealkylation sites (tertiary alicyclic amines) is 1. The number of nitrogens with two attached hydrogens (primary N) is 1. The maximum atomic E-state index is 14.0. The van der Waals surface area contributed by atoms with Crippen LogP contribution >= 0.6 is 0 Å². The molecule has 3 aliphatic rings. The summed E-state index contributed by atoms with van der Waals surface area (Å²) in [6, 6.07) is -0.755. The lowest BCUT2D eigenvalue weighted by Crippen LogP contribution is -2.49. The number of hydrogen-bond acceptors (Lipinski definition) is 7. The van der Waals surface area contributed by atoms with E-state index in [-0.39, 0.29) is 66.3 Å². The summed E-state index contributed by atoms with van der Waals surface area (Å²) in [7, 11) is 0. The van der Waals surface area contributed by atoms with E-state index < -0.39 is 41.1 Å². The first kappa shape index (κ1) is 31.7. The van der Waals surface area contributed by atoms with Crippen molar-refractivity contribution in [2.75, 3.05) is 6.54 Å². The van der Waals surface area contributed by atoms with Crippen molar-refractivity contribution in [1.29, 1.82) is 0 Å². The normalized spacial score (nSPS) is 24.8. The highest BCUT2D eigenvalue weighted by atomic mass is 16.6. The Labute approximate surface area is 237 Å². The molecule has 1 aliphatic heterocycles. The molecular weight excluding hydrogens is 512 g/mol. The molecule has 0 aromatic heterocycles. The van der Waals surface area contributed by atoms with Crippen LogP contribution in [-0.2, 0) is 33.5 Å². The Morgan fingerprint density at radius 1 is 1.05 bits per heavy atom. The smallest absolute Gasteiger partial charge is 0.307 e. The van der Waals surface area contributed by atoms with Gasteiger partial charge in [0.15, 0.2) is 11.6 Å². The van der Waals surface area contributed by atoms with Crippen LogP contribution in [0.15, 0.2) is 12.2 Å². The topological polar surface area (TPSA) is 141 Å². The summed E-state index contributed by atoms with van der Waals surface area (Å²) >= 11 is 0. The van der Waals surface area contributed by atoms with Gasteiger partial charge in [0.2, 0.25) is 11.7 Å². The maximum absolute atomic E-state index is 14.0. The van der Waals surface area contributed by atoms with E-state index in [0.29, 0.717) is 18.5 Å². The highest BCUT2D eigenvalue weighted by molar-refractivity contribution is 6.36. The predicted molar refractivity (Wildman–Crippen MR) is 149 cm³/mol. The molecule has 0 bridgehead atoms. The number of allylic oxidation sites excluding steroid dienone is 1. The minimum atomic E-state index is -1.04. The summed E-state index contributed by atoms with van der Waals surface area (Å²) in [5.74, 6) is -4.43. The van der Waals surface area contributed by atoms with Gasteiger partial charge in [-0.3, -0.25) is 28.8 Å². The fraction of sp³-hybridized carbons (Fsp3) is 0.742. The van der Waals surface area contributed by atoms with Crippen LogP contribution in [0.2, 0.25) is 0 Å². The van der Waals surface area contributed by atoms with Crippen molar-refractivity contribution >= 4 is 35.1 Å². The molecule has 0 spiro atoms. The molecular formula is C31H46N2O7. The SMILES string of the molecule is C=C(C)C(=O)CC[C@H](CC(=O)OC(C)(C)C)C(=O)N1CC2[C@@H](C1C(=O)CC(CC1CCC1)C(=O)C(N)=O)C2(C)C. The van der Waals surface area contributed by atoms with Crippen molar-refractivity contribution in [2.45, 2.75) is 105 Å². The molecule has 1 saturated heterocycles. The van der Waals surface area contributed by atoms with Crippen LogP contribution in [0.4, 0.5) is 0 Å². The fourth-order valence-electron chi connectivity index (χ4n) is 6.51. The molecule has 2 saturated carbocycles. The van der Waals surface area contributed by atoms with Crippen molar-refractivity contribution in [3.05, 3.63) is 12.2 Å². The van der Waals surface area contributed by atoms with E-state index in [9.17, 15) is 28.8 Å². The number of rotatable bonds is 14. The zero-order chi connectivity index (χ0) is 30.2. The number of Topliss-reactive ketones (excluding diaryl/α,β-unsaturated/α-hetero) is 3. The van der Waals surface area contributed by atoms with Crippen LogP contribution in [-0.4, -0.2) is 58.2 Å². The van der Waals surface area contributed by atoms with Gasteiger partial charge in [0, 0.05) is 31.2 Å². The Kier molecular flexibility index (Phi) is 9.47. The second kappa shape index (κ2) is 12.0. The number of ketones is 3. The lowest BCUT2D eigenvalue weighted by Gasteiger charge is -2.34. The summed E-state index contributed by atoms with van der Waals surface area (Å²) in [6.45, 7) is 15.0. The number of carbonyl (C=O) groups excluding carboxylic acids is 6. The molecule has 3 rings (SSSR count). The number of esters is 1. The van der Waals surface area contributed by atoms with Gasteiger partial charge in [0.25, 0.3) is 5.91 Å². The van der Waals surface area contributed by atoms with Crippen LogP contribution in [0.1, 0.15) is 92.9 Å². The van der Waals surface area contributed by atoms with Crippen molar-refractivity contribution in [3.63, 3.8) is 0 Å². The second-order valence-corrected chi connectivity index (χ2v) is 13.7. The molecule has 0 radical (unpaired) electrons. The van der Waals surface area contributed by atoms with E-state index in [1.54, 1.807) is 32.6 Å². The zero-order valence-corrected chi connectivity index (χ0v) is 24.9.